The van der Waals surface area contributed by atoms with Crippen LogP contribution in [0.25, 0.3) is 11.2 Å². The lowest BCUT2D eigenvalue weighted by atomic mass is 10.1. The predicted octanol–water partition coefficient (Wildman–Crippen LogP) is 0.0466. The molecule has 1 fully saturated rings. The third-order valence-electron chi connectivity index (χ3n) is 6.05. The van der Waals surface area contributed by atoms with E-state index in [2.05, 4.69) is 20.7 Å². The molecule has 0 aliphatic carbocycles. The Balaban J connectivity index is 1.57. The summed E-state index contributed by atoms with van der Waals surface area (Å²) in [4.78, 5) is 60.8. The maximum Gasteiger partial charge on any atom is 0.365 e. The number of rotatable bonds is 10. The lowest BCUT2D eigenvalue weighted by Gasteiger charge is -2.23. The molecule has 40 heavy (non-hydrogen) atoms. The van der Waals surface area contributed by atoms with Crippen LogP contribution in [0, 0.1) is 0 Å². The van der Waals surface area contributed by atoms with Crippen LogP contribution in [0.3, 0.4) is 0 Å². The molecule has 0 bridgehead atoms. The molecule has 3 heterocycles. The predicted molar refractivity (Wildman–Crippen MR) is 134 cm³/mol. The fourth-order valence-electron chi connectivity index (χ4n) is 4.32. The minimum Gasteiger partial charge on any atom is -0.463 e. The largest absolute Gasteiger partial charge is 0.463 e. The summed E-state index contributed by atoms with van der Waals surface area (Å²) in [6, 6.07) is 8.50. The number of hydrogen-bond acceptors (Lipinski definition) is 12. The monoisotopic (exact) mass is 556 g/mol. The number of carbonyl (C=O) groups is 4. The van der Waals surface area contributed by atoms with Gasteiger partial charge in [-0.3, -0.25) is 19.0 Å². The molecule has 14 nitrogen and oxygen atoms in total. The van der Waals surface area contributed by atoms with Crippen LogP contribution in [0.5, 0.6) is 0 Å². The van der Waals surface area contributed by atoms with Crippen LogP contribution in [0.2, 0.25) is 0 Å². The highest BCUT2D eigenvalue weighted by atomic mass is 16.7. The molecule has 3 N–H and O–H groups in total. The second-order valence-corrected chi connectivity index (χ2v) is 9.15. The number of fused-ring (bicyclic) bond motifs is 1. The number of carbonyl (C=O) groups excluding carboxylic acids is 4. The second-order valence-electron chi connectivity index (χ2n) is 9.15. The average Bonchev–Trinajstić information content (AvgIpc) is 3.48. The first-order valence-corrected chi connectivity index (χ1v) is 12.5. The first-order valence-electron chi connectivity index (χ1n) is 12.5. The van der Waals surface area contributed by atoms with Crippen molar-refractivity contribution in [1.29, 1.82) is 0 Å². The maximum atomic E-state index is 12.6. The van der Waals surface area contributed by atoms with Gasteiger partial charge < -0.3 is 29.4 Å². The summed E-state index contributed by atoms with van der Waals surface area (Å²) in [6.07, 6.45) is -1.33. The number of ether oxygens (including phenoxy) is 5. The minimum atomic E-state index is -1.11. The van der Waals surface area contributed by atoms with E-state index >= 15 is 0 Å². The Hall–Kier alpha value is -4.43. The minimum absolute atomic E-state index is 0.119. The Morgan fingerprint density at radius 2 is 1.65 bits per heavy atom. The molecule has 5 atom stereocenters. The number of nitrogens with zero attached hydrogens (tertiary/aromatic N) is 4. The van der Waals surface area contributed by atoms with Crippen molar-refractivity contribution in [2.24, 2.45) is 0 Å². The SMILES string of the molecule is CC(=O)OC[C@H]1O[C@@H](n2cnc3c(CC([NH3+])C(=O)OCc4ccccc4)ncnc32)[C@H](OC(C)=O)[C@@H]1OC(C)=O. The number of quaternary nitrogens is 1. The van der Waals surface area contributed by atoms with E-state index in [0.29, 0.717) is 16.9 Å². The quantitative estimate of drug-likeness (QED) is 0.262. The fraction of sp³-hybridized carbons (Fsp3) is 0.423. The van der Waals surface area contributed by atoms with Crippen LogP contribution in [-0.2, 0) is 55.9 Å². The fourth-order valence-corrected chi connectivity index (χ4v) is 4.32. The zero-order chi connectivity index (χ0) is 28.8. The standard InChI is InChI=1S/C26H29N5O9/c1-14(32)36-11-20-22(38-15(2)33)23(39-16(3)34)25(40-20)31-13-30-21-19(28-12-29-24(21)31)9-18(27)26(35)37-10-17-7-5-4-6-8-17/h4-8,12-13,18,20,22-23,25H,9-11,27H2,1-3H3/p+1/t18?,20-,22-,23-,25-/m1/s1. The number of imidazole rings is 1. The van der Waals surface area contributed by atoms with Crippen molar-refractivity contribution in [3.05, 3.63) is 54.2 Å². The molecule has 1 unspecified atom stereocenters. The summed E-state index contributed by atoms with van der Waals surface area (Å²) in [6.45, 7) is 3.51. The molecule has 1 aliphatic heterocycles. The number of hydrogen-bond donors (Lipinski definition) is 1. The van der Waals surface area contributed by atoms with E-state index in [-0.39, 0.29) is 19.6 Å². The van der Waals surface area contributed by atoms with Crippen molar-refractivity contribution in [3.63, 3.8) is 0 Å². The Kier molecular flexibility index (Phi) is 9.01. The normalized spacial score (nSPS) is 21.0. The van der Waals surface area contributed by atoms with Crippen molar-refractivity contribution in [2.45, 2.75) is 64.4 Å². The van der Waals surface area contributed by atoms with Crippen LogP contribution < -0.4 is 5.73 Å². The van der Waals surface area contributed by atoms with E-state index in [1.54, 1.807) is 0 Å². The summed E-state index contributed by atoms with van der Waals surface area (Å²) in [7, 11) is 0. The van der Waals surface area contributed by atoms with Crippen molar-refractivity contribution < 1.29 is 48.6 Å². The first-order chi connectivity index (χ1) is 19.1. The Morgan fingerprint density at radius 3 is 2.33 bits per heavy atom. The summed E-state index contributed by atoms with van der Waals surface area (Å²) in [5.74, 6) is -2.34. The molecule has 212 valence electrons. The van der Waals surface area contributed by atoms with Gasteiger partial charge in [-0.2, -0.15) is 0 Å². The molecule has 14 heteroatoms. The molecule has 0 saturated carbocycles. The summed E-state index contributed by atoms with van der Waals surface area (Å²) < 4.78 is 28.9. The molecule has 4 rings (SSSR count). The van der Waals surface area contributed by atoms with Crippen molar-refractivity contribution in [2.75, 3.05) is 6.61 Å². The lowest BCUT2D eigenvalue weighted by molar-refractivity contribution is -0.408. The van der Waals surface area contributed by atoms with Crippen LogP contribution in [0.1, 0.15) is 38.3 Å². The van der Waals surface area contributed by atoms with Gasteiger partial charge in [0.1, 0.15) is 31.2 Å². The zero-order valence-electron chi connectivity index (χ0n) is 22.2. The third kappa shape index (κ3) is 6.76. The molecule has 3 aromatic rings. The van der Waals surface area contributed by atoms with Crippen molar-refractivity contribution in [3.8, 4) is 0 Å². The van der Waals surface area contributed by atoms with Gasteiger partial charge in [0.15, 0.2) is 30.1 Å². The summed E-state index contributed by atoms with van der Waals surface area (Å²) >= 11 is 0. The Morgan fingerprint density at radius 1 is 0.950 bits per heavy atom. The topological polar surface area (TPSA) is 186 Å². The van der Waals surface area contributed by atoms with Gasteiger partial charge in [-0.05, 0) is 5.56 Å². The van der Waals surface area contributed by atoms with Gasteiger partial charge in [-0.1, -0.05) is 30.3 Å². The second kappa shape index (κ2) is 12.6. The number of esters is 4. The molecule has 1 aliphatic rings. The lowest BCUT2D eigenvalue weighted by Crippen LogP contribution is -2.66. The molecular formula is C26H30N5O9+. The van der Waals surface area contributed by atoms with Crippen molar-refractivity contribution >= 4 is 35.0 Å². The number of aromatic nitrogens is 4. The van der Waals surface area contributed by atoms with Gasteiger partial charge in [0.2, 0.25) is 0 Å². The highest BCUT2D eigenvalue weighted by Crippen LogP contribution is 2.36. The molecule has 2 aromatic heterocycles. The highest BCUT2D eigenvalue weighted by molar-refractivity contribution is 5.77. The van der Waals surface area contributed by atoms with Gasteiger partial charge in [0.25, 0.3) is 0 Å². The van der Waals surface area contributed by atoms with E-state index in [1.807, 2.05) is 30.3 Å². The summed E-state index contributed by atoms with van der Waals surface area (Å²) in [5.41, 5.74) is 5.89. The van der Waals surface area contributed by atoms with Gasteiger partial charge in [-0.25, -0.2) is 19.7 Å². The van der Waals surface area contributed by atoms with E-state index in [0.717, 1.165) is 5.56 Å². The molecular weight excluding hydrogens is 526 g/mol. The van der Waals surface area contributed by atoms with Crippen LogP contribution in [-0.4, -0.2) is 74.4 Å². The summed E-state index contributed by atoms with van der Waals surface area (Å²) in [5, 5.41) is 0. The first kappa shape index (κ1) is 28.6. The van der Waals surface area contributed by atoms with E-state index in [1.165, 1.54) is 38.0 Å². The van der Waals surface area contributed by atoms with Gasteiger partial charge in [-0.15, -0.1) is 0 Å². The molecule has 1 saturated heterocycles. The Bertz CT molecular complexity index is 1380. The van der Waals surface area contributed by atoms with E-state index in [4.69, 9.17) is 23.7 Å². The average molecular weight is 557 g/mol. The van der Waals surface area contributed by atoms with Crippen LogP contribution >= 0.6 is 0 Å². The van der Waals surface area contributed by atoms with Crippen molar-refractivity contribution in [1.82, 2.24) is 19.5 Å². The molecule has 0 radical (unpaired) electrons. The van der Waals surface area contributed by atoms with E-state index < -0.39 is 54.5 Å². The molecule has 1 aromatic carbocycles. The van der Waals surface area contributed by atoms with Crippen LogP contribution in [0.15, 0.2) is 43.0 Å². The van der Waals surface area contributed by atoms with Gasteiger partial charge in [0.05, 0.1) is 18.4 Å². The maximum absolute atomic E-state index is 12.6. The van der Waals surface area contributed by atoms with Crippen LogP contribution in [0.4, 0.5) is 0 Å². The van der Waals surface area contributed by atoms with Gasteiger partial charge in [0, 0.05) is 20.8 Å². The third-order valence-corrected chi connectivity index (χ3v) is 6.05. The molecule has 0 spiro atoms. The molecule has 0 amide bonds. The Labute approximate surface area is 228 Å². The van der Waals surface area contributed by atoms with Gasteiger partial charge >= 0.3 is 23.9 Å². The zero-order valence-corrected chi connectivity index (χ0v) is 22.2. The highest BCUT2D eigenvalue weighted by Gasteiger charge is 2.51. The number of benzene rings is 1. The smallest absolute Gasteiger partial charge is 0.365 e. The van der Waals surface area contributed by atoms with E-state index in [9.17, 15) is 19.2 Å².